The van der Waals surface area contributed by atoms with Gasteiger partial charge in [0.15, 0.2) is 0 Å². The van der Waals surface area contributed by atoms with Gasteiger partial charge in [-0.05, 0) is 43.7 Å². The Balaban J connectivity index is 2.29. The maximum absolute atomic E-state index is 13.8. The van der Waals surface area contributed by atoms with E-state index in [1.165, 1.54) is 24.3 Å². The van der Waals surface area contributed by atoms with E-state index >= 15 is 0 Å². The molecule has 4 heteroatoms. The zero-order valence-electron chi connectivity index (χ0n) is 12.0. The predicted octanol–water partition coefficient (Wildman–Crippen LogP) is 4.19. The molecule has 0 aromatic heterocycles. The van der Waals surface area contributed by atoms with Crippen molar-refractivity contribution in [1.82, 2.24) is 4.90 Å². The van der Waals surface area contributed by atoms with Crippen LogP contribution in [0, 0.1) is 11.6 Å². The van der Waals surface area contributed by atoms with Gasteiger partial charge in [-0.25, -0.2) is 8.78 Å². The van der Waals surface area contributed by atoms with Gasteiger partial charge in [-0.3, -0.25) is 4.79 Å². The molecule has 0 aliphatic heterocycles. The highest BCUT2D eigenvalue weighted by Crippen LogP contribution is 2.23. The van der Waals surface area contributed by atoms with E-state index in [-0.39, 0.29) is 23.3 Å². The summed E-state index contributed by atoms with van der Waals surface area (Å²) in [6, 6.07) is 11.6. The second-order valence-corrected chi connectivity index (χ2v) is 4.80. The van der Waals surface area contributed by atoms with Crippen LogP contribution in [0.3, 0.4) is 0 Å². The number of benzene rings is 2. The summed E-state index contributed by atoms with van der Waals surface area (Å²) in [6.45, 7) is 4.11. The van der Waals surface area contributed by atoms with Crippen molar-refractivity contribution in [2.75, 3.05) is 6.54 Å². The summed E-state index contributed by atoms with van der Waals surface area (Å²) in [4.78, 5) is 14.1. The minimum atomic E-state index is -0.535. The normalized spacial score (nSPS) is 12.0. The molecule has 2 nitrogen and oxygen atoms in total. The van der Waals surface area contributed by atoms with Gasteiger partial charge >= 0.3 is 0 Å². The number of carbonyl (C=O) groups is 1. The Morgan fingerprint density at radius 1 is 1.10 bits per heavy atom. The fraction of sp³-hybridized carbons (Fsp3) is 0.235. The summed E-state index contributed by atoms with van der Waals surface area (Å²) in [5.41, 5.74) is 0.858. The molecule has 21 heavy (non-hydrogen) atoms. The van der Waals surface area contributed by atoms with Crippen LogP contribution in [0.1, 0.15) is 35.8 Å². The molecule has 0 saturated heterocycles. The smallest absolute Gasteiger partial charge is 0.257 e. The summed E-state index contributed by atoms with van der Waals surface area (Å²) in [5.74, 6) is -1.23. The summed E-state index contributed by atoms with van der Waals surface area (Å²) in [6.07, 6.45) is 0. The fourth-order valence-electron chi connectivity index (χ4n) is 2.30. The Labute approximate surface area is 123 Å². The maximum Gasteiger partial charge on any atom is 0.257 e. The van der Waals surface area contributed by atoms with E-state index < -0.39 is 5.82 Å². The number of hydrogen-bond acceptors (Lipinski definition) is 1. The van der Waals surface area contributed by atoms with Gasteiger partial charge in [0.1, 0.15) is 11.6 Å². The Bertz CT molecular complexity index is 625. The first kappa shape index (κ1) is 15.2. The first-order valence-electron chi connectivity index (χ1n) is 6.85. The third-order valence-corrected chi connectivity index (χ3v) is 3.53. The third kappa shape index (κ3) is 3.27. The van der Waals surface area contributed by atoms with E-state index in [1.807, 2.05) is 13.8 Å². The number of rotatable bonds is 4. The molecule has 1 atom stereocenters. The van der Waals surface area contributed by atoms with Gasteiger partial charge in [0.05, 0.1) is 11.6 Å². The molecule has 0 aliphatic rings. The molecule has 0 aliphatic carbocycles. The van der Waals surface area contributed by atoms with E-state index in [0.29, 0.717) is 6.54 Å². The lowest BCUT2D eigenvalue weighted by Crippen LogP contribution is -2.34. The van der Waals surface area contributed by atoms with Crippen LogP contribution in [0.15, 0.2) is 48.5 Å². The van der Waals surface area contributed by atoms with Gasteiger partial charge in [-0.1, -0.05) is 24.3 Å². The molecular formula is C17H17F2NO. The van der Waals surface area contributed by atoms with E-state index in [0.717, 1.165) is 5.56 Å². The first-order chi connectivity index (χ1) is 10.0. The van der Waals surface area contributed by atoms with Crippen molar-refractivity contribution in [2.24, 2.45) is 0 Å². The Morgan fingerprint density at radius 3 is 2.29 bits per heavy atom. The van der Waals surface area contributed by atoms with E-state index in [2.05, 4.69) is 0 Å². The first-order valence-corrected chi connectivity index (χ1v) is 6.85. The van der Waals surface area contributed by atoms with Crippen molar-refractivity contribution in [3.63, 3.8) is 0 Å². The van der Waals surface area contributed by atoms with Crippen LogP contribution in [0.4, 0.5) is 8.78 Å². The molecule has 2 aromatic rings. The molecule has 2 rings (SSSR count). The fourth-order valence-corrected chi connectivity index (χ4v) is 2.30. The number of halogens is 2. The van der Waals surface area contributed by atoms with Crippen LogP contribution in [-0.4, -0.2) is 17.4 Å². The molecule has 2 aromatic carbocycles. The van der Waals surface area contributed by atoms with Gasteiger partial charge in [0, 0.05) is 6.54 Å². The van der Waals surface area contributed by atoms with Crippen molar-refractivity contribution < 1.29 is 13.6 Å². The summed E-state index contributed by atoms with van der Waals surface area (Å²) < 4.78 is 26.7. The van der Waals surface area contributed by atoms with Crippen LogP contribution in [0.5, 0.6) is 0 Å². The van der Waals surface area contributed by atoms with Crippen LogP contribution < -0.4 is 0 Å². The van der Waals surface area contributed by atoms with E-state index in [1.54, 1.807) is 29.2 Å². The summed E-state index contributed by atoms with van der Waals surface area (Å²) >= 11 is 0. The van der Waals surface area contributed by atoms with Gasteiger partial charge in [0.2, 0.25) is 0 Å². The minimum absolute atomic E-state index is 0.0494. The molecule has 0 bridgehead atoms. The summed E-state index contributed by atoms with van der Waals surface area (Å²) in [5, 5.41) is 0. The molecule has 0 heterocycles. The lowest BCUT2D eigenvalue weighted by Gasteiger charge is -2.28. The highest BCUT2D eigenvalue weighted by atomic mass is 19.1. The zero-order chi connectivity index (χ0) is 15.4. The lowest BCUT2D eigenvalue weighted by molar-refractivity contribution is 0.0697. The van der Waals surface area contributed by atoms with Gasteiger partial charge in [-0.2, -0.15) is 0 Å². The Kier molecular flexibility index (Phi) is 4.68. The van der Waals surface area contributed by atoms with Crippen molar-refractivity contribution in [2.45, 2.75) is 19.9 Å². The third-order valence-electron chi connectivity index (χ3n) is 3.53. The topological polar surface area (TPSA) is 20.3 Å². The minimum Gasteiger partial charge on any atom is -0.332 e. The second kappa shape index (κ2) is 6.48. The van der Waals surface area contributed by atoms with Crippen molar-refractivity contribution >= 4 is 5.91 Å². The molecule has 1 amide bonds. The Morgan fingerprint density at radius 2 is 1.71 bits per heavy atom. The highest BCUT2D eigenvalue weighted by molar-refractivity contribution is 5.94. The number of nitrogens with zero attached hydrogens (tertiary/aromatic N) is 1. The molecule has 0 spiro atoms. The highest BCUT2D eigenvalue weighted by Gasteiger charge is 2.23. The monoisotopic (exact) mass is 289 g/mol. The Hall–Kier alpha value is -2.23. The van der Waals surface area contributed by atoms with Crippen LogP contribution in [-0.2, 0) is 0 Å². The lowest BCUT2D eigenvalue weighted by atomic mass is 10.1. The van der Waals surface area contributed by atoms with Gasteiger partial charge in [0.25, 0.3) is 5.91 Å². The molecule has 0 saturated carbocycles. The van der Waals surface area contributed by atoms with Crippen molar-refractivity contribution in [3.8, 4) is 0 Å². The molecule has 0 radical (unpaired) electrons. The number of amides is 1. The SMILES string of the molecule is CCN(C(=O)c1ccccc1F)C(C)c1ccc(F)cc1. The average molecular weight is 289 g/mol. The molecule has 110 valence electrons. The van der Waals surface area contributed by atoms with Crippen molar-refractivity contribution in [1.29, 1.82) is 0 Å². The largest absolute Gasteiger partial charge is 0.332 e. The zero-order valence-corrected chi connectivity index (χ0v) is 12.0. The molecule has 1 unspecified atom stereocenters. The van der Waals surface area contributed by atoms with Gasteiger partial charge in [-0.15, -0.1) is 0 Å². The van der Waals surface area contributed by atoms with E-state index in [4.69, 9.17) is 0 Å². The molecule has 0 fully saturated rings. The van der Waals surface area contributed by atoms with Crippen LogP contribution >= 0.6 is 0 Å². The summed E-state index contributed by atoms with van der Waals surface area (Å²) in [7, 11) is 0. The quantitative estimate of drug-likeness (QED) is 0.826. The molecular weight excluding hydrogens is 272 g/mol. The number of carbonyl (C=O) groups excluding carboxylic acids is 1. The van der Waals surface area contributed by atoms with Crippen molar-refractivity contribution in [3.05, 3.63) is 71.3 Å². The molecule has 0 N–H and O–H groups in total. The predicted molar refractivity (Wildman–Crippen MR) is 77.9 cm³/mol. The van der Waals surface area contributed by atoms with E-state index in [9.17, 15) is 13.6 Å². The van der Waals surface area contributed by atoms with Gasteiger partial charge < -0.3 is 4.90 Å². The van der Waals surface area contributed by atoms with Crippen LogP contribution in [0.25, 0.3) is 0 Å². The number of hydrogen-bond donors (Lipinski definition) is 0. The maximum atomic E-state index is 13.8. The average Bonchev–Trinajstić information content (AvgIpc) is 2.49. The van der Waals surface area contributed by atoms with Crippen LogP contribution in [0.2, 0.25) is 0 Å². The second-order valence-electron chi connectivity index (χ2n) is 4.80. The standard InChI is InChI=1S/C17H17F2NO/c1-3-20(12(2)13-8-10-14(18)11-9-13)17(21)15-6-4-5-7-16(15)19/h4-12H,3H2,1-2H3.